The topological polar surface area (TPSA) is 124 Å². The molecule has 0 saturated heterocycles. The molecule has 2 N–H and O–H groups in total. The molecule has 8 nitrogen and oxygen atoms in total. The highest BCUT2D eigenvalue weighted by Gasteiger charge is 2.27. The van der Waals surface area contributed by atoms with Gasteiger partial charge in [-0.15, -0.1) is 0 Å². The highest BCUT2D eigenvalue weighted by atomic mass is 35.5. The highest BCUT2D eigenvalue weighted by Crippen LogP contribution is 2.28. The Bertz CT molecular complexity index is 646. The number of sulfonamides is 1. The molecule has 10 heteroatoms. The maximum absolute atomic E-state index is 12.3. The second-order valence-corrected chi connectivity index (χ2v) is 6.08. The fourth-order valence-electron chi connectivity index (χ4n) is 1.49. The Morgan fingerprint density at radius 1 is 1.50 bits per heavy atom. The van der Waals surface area contributed by atoms with Crippen molar-refractivity contribution in [3.63, 3.8) is 0 Å². The molecule has 0 radical (unpaired) electrons. The van der Waals surface area contributed by atoms with E-state index in [4.69, 9.17) is 17.3 Å². The molecule has 20 heavy (non-hydrogen) atoms. The van der Waals surface area contributed by atoms with Gasteiger partial charge in [-0.2, -0.15) is 4.31 Å². The monoisotopic (exact) mass is 321 g/mol. The summed E-state index contributed by atoms with van der Waals surface area (Å²) in [7, 11) is -4.04. The van der Waals surface area contributed by atoms with Crippen LogP contribution in [0.1, 0.15) is 6.92 Å². The smallest absolute Gasteiger partial charge is 0.271 e. The Hall–Kier alpha value is -1.71. The van der Waals surface area contributed by atoms with E-state index in [9.17, 15) is 23.3 Å². The molecule has 0 unspecified atom stereocenters. The normalized spacial score (nSPS) is 11.6. The highest BCUT2D eigenvalue weighted by molar-refractivity contribution is 7.89. The minimum absolute atomic E-state index is 0.0125. The minimum Gasteiger partial charge on any atom is -0.369 e. The van der Waals surface area contributed by atoms with Crippen molar-refractivity contribution in [3.05, 3.63) is 33.3 Å². The number of carbonyl (C=O) groups excluding carboxylic acids is 1. The summed E-state index contributed by atoms with van der Waals surface area (Å²) in [5, 5.41) is 10.3. The zero-order chi connectivity index (χ0) is 15.5. The van der Waals surface area contributed by atoms with Gasteiger partial charge in [0.15, 0.2) is 0 Å². The number of hydrogen-bond acceptors (Lipinski definition) is 5. The van der Waals surface area contributed by atoms with Gasteiger partial charge in [-0.1, -0.05) is 18.5 Å². The number of rotatable bonds is 6. The third kappa shape index (κ3) is 3.44. The van der Waals surface area contributed by atoms with Crippen molar-refractivity contribution in [2.45, 2.75) is 11.8 Å². The molecule has 0 saturated carbocycles. The number of likely N-dealkylation sites (N-methyl/N-ethyl adjacent to an activating group) is 1. The Kier molecular flexibility index (Phi) is 5.03. The largest absolute Gasteiger partial charge is 0.369 e. The van der Waals surface area contributed by atoms with Gasteiger partial charge in [0.25, 0.3) is 5.69 Å². The van der Waals surface area contributed by atoms with Crippen LogP contribution in [0.2, 0.25) is 5.02 Å². The predicted octanol–water partition coefficient (Wildman–Crippen LogP) is 0.744. The number of carbonyl (C=O) groups is 1. The fourth-order valence-corrected chi connectivity index (χ4v) is 3.42. The molecule has 0 aromatic heterocycles. The minimum atomic E-state index is -4.04. The summed E-state index contributed by atoms with van der Waals surface area (Å²) in [5.74, 6) is -0.812. The molecule has 0 aliphatic carbocycles. The van der Waals surface area contributed by atoms with Crippen LogP contribution >= 0.6 is 11.6 Å². The first-order valence-electron chi connectivity index (χ1n) is 5.42. The number of benzene rings is 1. The summed E-state index contributed by atoms with van der Waals surface area (Å²) in [6.45, 7) is 1.05. The molecule has 1 amide bonds. The van der Waals surface area contributed by atoms with E-state index in [1.54, 1.807) is 0 Å². The first kappa shape index (κ1) is 16.3. The lowest BCUT2D eigenvalue weighted by Crippen LogP contribution is -2.38. The second-order valence-electron chi connectivity index (χ2n) is 3.77. The number of non-ortho nitro benzene ring substituents is 1. The maximum Gasteiger partial charge on any atom is 0.271 e. The van der Waals surface area contributed by atoms with Gasteiger partial charge in [0.1, 0.15) is 4.90 Å². The van der Waals surface area contributed by atoms with Crippen molar-refractivity contribution < 1.29 is 18.1 Å². The lowest BCUT2D eigenvalue weighted by molar-refractivity contribution is -0.384. The van der Waals surface area contributed by atoms with Gasteiger partial charge >= 0.3 is 0 Å². The Morgan fingerprint density at radius 2 is 2.10 bits per heavy atom. The number of nitro groups is 1. The molecular formula is C10H12ClN3O5S. The summed E-state index contributed by atoms with van der Waals surface area (Å²) in [4.78, 5) is 20.4. The average molecular weight is 322 g/mol. The molecule has 0 spiro atoms. The molecule has 0 heterocycles. The van der Waals surface area contributed by atoms with E-state index < -0.39 is 27.4 Å². The van der Waals surface area contributed by atoms with Crippen LogP contribution in [0.15, 0.2) is 23.1 Å². The number of nitrogens with two attached hydrogens (primary N) is 1. The molecule has 0 atom stereocenters. The molecule has 0 fully saturated rings. The third-order valence-corrected chi connectivity index (χ3v) is 4.83. The lowest BCUT2D eigenvalue weighted by Gasteiger charge is -2.19. The van der Waals surface area contributed by atoms with Crippen LogP contribution < -0.4 is 5.73 Å². The zero-order valence-electron chi connectivity index (χ0n) is 10.4. The standard InChI is InChI=1S/C10H12ClN3O5S/c1-2-13(6-10(12)15)20(18,19)9-4-3-7(14(16)17)5-8(9)11/h3-5H,2,6H2,1H3,(H2,12,15). The molecule has 0 aliphatic rings. The number of primary amides is 1. The van der Waals surface area contributed by atoms with Crippen LogP contribution in [-0.4, -0.2) is 36.6 Å². The summed E-state index contributed by atoms with van der Waals surface area (Å²) in [5.41, 5.74) is 4.65. The fraction of sp³-hybridized carbons (Fsp3) is 0.300. The van der Waals surface area contributed by atoms with E-state index >= 15 is 0 Å². The van der Waals surface area contributed by atoms with Gasteiger partial charge in [0.2, 0.25) is 15.9 Å². The molecule has 1 rings (SSSR count). The molecule has 110 valence electrons. The Morgan fingerprint density at radius 3 is 2.50 bits per heavy atom. The van der Waals surface area contributed by atoms with Gasteiger partial charge in [0, 0.05) is 18.7 Å². The summed E-state index contributed by atoms with van der Waals surface area (Å²) < 4.78 is 25.4. The first-order chi connectivity index (χ1) is 9.20. The van der Waals surface area contributed by atoms with Crippen LogP contribution in [0.3, 0.4) is 0 Å². The van der Waals surface area contributed by atoms with Gasteiger partial charge in [-0.25, -0.2) is 8.42 Å². The first-order valence-corrected chi connectivity index (χ1v) is 7.24. The number of halogens is 1. The van der Waals surface area contributed by atoms with Crippen LogP contribution in [0.4, 0.5) is 5.69 Å². The van der Waals surface area contributed by atoms with Gasteiger partial charge < -0.3 is 5.73 Å². The summed E-state index contributed by atoms with van der Waals surface area (Å²) in [6.07, 6.45) is 0. The van der Waals surface area contributed by atoms with Crippen molar-refractivity contribution in [1.29, 1.82) is 0 Å². The van der Waals surface area contributed by atoms with Gasteiger partial charge in [-0.3, -0.25) is 14.9 Å². The van der Waals surface area contributed by atoms with E-state index in [1.807, 2.05) is 0 Å². The van der Waals surface area contributed by atoms with Crippen LogP contribution in [0.5, 0.6) is 0 Å². The predicted molar refractivity (Wildman–Crippen MR) is 71.7 cm³/mol. The van der Waals surface area contributed by atoms with Crippen molar-refractivity contribution in [3.8, 4) is 0 Å². The number of hydrogen-bond donors (Lipinski definition) is 1. The third-order valence-electron chi connectivity index (χ3n) is 2.43. The van der Waals surface area contributed by atoms with Crippen molar-refractivity contribution in [1.82, 2.24) is 4.31 Å². The average Bonchev–Trinajstić information content (AvgIpc) is 2.34. The summed E-state index contributed by atoms with van der Waals surface area (Å²) >= 11 is 5.77. The van der Waals surface area contributed by atoms with Crippen molar-refractivity contribution in [2.24, 2.45) is 5.73 Å². The molecule has 1 aromatic carbocycles. The quantitative estimate of drug-likeness (QED) is 0.611. The maximum atomic E-state index is 12.3. The van der Waals surface area contributed by atoms with Crippen LogP contribution in [0, 0.1) is 10.1 Å². The van der Waals surface area contributed by atoms with E-state index in [0.29, 0.717) is 0 Å². The number of nitro benzene ring substituents is 1. The van der Waals surface area contributed by atoms with Crippen LogP contribution in [-0.2, 0) is 14.8 Å². The van der Waals surface area contributed by atoms with Gasteiger partial charge in [-0.05, 0) is 6.07 Å². The number of nitrogens with zero attached hydrogens (tertiary/aromatic N) is 2. The van der Waals surface area contributed by atoms with E-state index in [1.165, 1.54) is 6.92 Å². The lowest BCUT2D eigenvalue weighted by atomic mass is 10.3. The van der Waals surface area contributed by atoms with E-state index in [2.05, 4.69) is 0 Å². The van der Waals surface area contributed by atoms with Gasteiger partial charge in [0.05, 0.1) is 16.5 Å². The number of amides is 1. The van der Waals surface area contributed by atoms with E-state index in [-0.39, 0.29) is 22.2 Å². The molecule has 0 bridgehead atoms. The van der Waals surface area contributed by atoms with Crippen molar-refractivity contribution >= 4 is 33.2 Å². The molecular weight excluding hydrogens is 310 g/mol. The second kappa shape index (κ2) is 6.16. The molecule has 1 aromatic rings. The molecule has 0 aliphatic heterocycles. The van der Waals surface area contributed by atoms with Crippen LogP contribution in [0.25, 0.3) is 0 Å². The van der Waals surface area contributed by atoms with E-state index in [0.717, 1.165) is 22.5 Å². The van der Waals surface area contributed by atoms with Crippen molar-refractivity contribution in [2.75, 3.05) is 13.1 Å². The Balaban J connectivity index is 3.27. The SMILES string of the molecule is CCN(CC(N)=O)S(=O)(=O)c1ccc([N+](=O)[O-])cc1Cl. The summed E-state index contributed by atoms with van der Waals surface area (Å²) in [6, 6.07) is 2.99. The Labute approximate surface area is 120 Å². The zero-order valence-corrected chi connectivity index (χ0v) is 12.0.